The Morgan fingerprint density at radius 1 is 0.452 bits per heavy atom. The molecule has 0 amide bonds. The molecule has 6 aromatic rings. The summed E-state index contributed by atoms with van der Waals surface area (Å²) in [5.74, 6) is 3.70. The van der Waals surface area contributed by atoms with Crippen LogP contribution in [0.3, 0.4) is 0 Å². The van der Waals surface area contributed by atoms with Crippen molar-refractivity contribution in [2.75, 3.05) is 0 Å². The lowest BCUT2D eigenvalue weighted by atomic mass is 9.90. The van der Waals surface area contributed by atoms with Gasteiger partial charge >= 0.3 is 0 Å². The van der Waals surface area contributed by atoms with E-state index in [1.165, 1.54) is 0 Å². The average Bonchev–Trinajstić information content (AvgIpc) is 3.90. The minimum absolute atomic E-state index is 0.0247. The van der Waals surface area contributed by atoms with Crippen LogP contribution in [0.2, 0.25) is 0 Å². The third-order valence-corrected chi connectivity index (χ3v) is 11.3. The summed E-state index contributed by atoms with van der Waals surface area (Å²) in [5.41, 5.74) is 11.2. The van der Waals surface area contributed by atoms with Crippen molar-refractivity contribution in [3.05, 3.63) is 143 Å². The molecule has 0 saturated carbocycles. The Balaban J connectivity index is 1.51. The second-order valence-electron chi connectivity index (χ2n) is 18.2. The van der Waals surface area contributed by atoms with Crippen LogP contribution in [0.1, 0.15) is 139 Å². The van der Waals surface area contributed by atoms with Crippen molar-refractivity contribution in [1.82, 2.24) is 9.13 Å². The molecule has 0 radical (unpaired) electrons. The van der Waals surface area contributed by atoms with Gasteiger partial charge in [0.05, 0.1) is 37.5 Å². The minimum atomic E-state index is -0.0257. The molecule has 4 aromatic carbocycles. The van der Waals surface area contributed by atoms with Gasteiger partial charge in [-0.05, 0) is 115 Å². The zero-order chi connectivity index (χ0) is 43.9. The monoisotopic (exact) mass is 839 g/mol. The Morgan fingerprint density at radius 2 is 0.742 bits per heavy atom. The molecule has 2 heterocycles. The highest BCUT2D eigenvalue weighted by atomic mass is 16.5. The number of unbranched alkanes of at least 4 members (excludes halogenated alkanes) is 2. The van der Waals surface area contributed by atoms with Gasteiger partial charge in [0.25, 0.3) is 0 Å². The lowest BCUT2D eigenvalue weighted by Crippen LogP contribution is -2.30. The van der Waals surface area contributed by atoms with E-state index in [2.05, 4.69) is 186 Å². The molecule has 0 saturated heterocycles. The molecule has 0 spiro atoms. The summed E-state index contributed by atoms with van der Waals surface area (Å²) in [5, 5.41) is 0. The molecule has 0 atom stereocenters. The summed E-state index contributed by atoms with van der Waals surface area (Å²) < 4.78 is 36.7. The molecule has 0 aliphatic heterocycles. The molecule has 0 unspecified atom stereocenters. The van der Waals surface area contributed by atoms with Crippen LogP contribution in [-0.2, 0) is 38.8 Å². The van der Waals surface area contributed by atoms with Crippen LogP contribution >= 0.6 is 0 Å². The van der Waals surface area contributed by atoms with E-state index in [0.717, 1.165) is 118 Å². The van der Waals surface area contributed by atoms with Gasteiger partial charge in [-0.25, -0.2) is 18.3 Å². The number of imidazole rings is 2. The highest BCUT2D eigenvalue weighted by Crippen LogP contribution is 2.41. The maximum absolute atomic E-state index is 6.91. The Hall–Kier alpha value is -5.50. The maximum atomic E-state index is 6.91. The van der Waals surface area contributed by atoms with Gasteiger partial charge < -0.3 is 18.9 Å². The third-order valence-electron chi connectivity index (χ3n) is 11.3. The predicted octanol–water partition coefficient (Wildman–Crippen LogP) is 11.3. The largest absolute Gasteiger partial charge is 0.490 e. The summed E-state index contributed by atoms with van der Waals surface area (Å²) in [6, 6.07) is 22.5. The molecule has 8 bridgehead atoms. The van der Waals surface area contributed by atoms with E-state index in [0.29, 0.717) is 25.7 Å². The molecule has 8 nitrogen and oxygen atoms in total. The normalized spacial score (nSPS) is 12.7. The number of para-hydroxylation sites is 2. The smallest absolute Gasteiger partial charge is 0.248 e. The Morgan fingerprint density at radius 3 is 1.02 bits per heavy atom. The summed E-state index contributed by atoms with van der Waals surface area (Å²) >= 11 is 0. The molecule has 1 aliphatic carbocycles. The number of ether oxygens (including phenoxy) is 4. The lowest BCUT2D eigenvalue weighted by molar-refractivity contribution is -0.696. The predicted molar refractivity (Wildman–Crippen MR) is 249 cm³/mol. The van der Waals surface area contributed by atoms with E-state index in [-0.39, 0.29) is 24.4 Å². The van der Waals surface area contributed by atoms with Crippen LogP contribution in [0.5, 0.6) is 23.0 Å². The van der Waals surface area contributed by atoms with Crippen molar-refractivity contribution in [2.24, 2.45) is 0 Å². The van der Waals surface area contributed by atoms with E-state index in [4.69, 9.17) is 18.9 Å². The summed E-state index contributed by atoms with van der Waals surface area (Å²) in [7, 11) is 0. The number of aryl methyl sites for hydroxylation is 2. The van der Waals surface area contributed by atoms with Crippen molar-refractivity contribution < 1.29 is 28.1 Å². The van der Waals surface area contributed by atoms with Crippen molar-refractivity contribution in [1.29, 1.82) is 0 Å². The van der Waals surface area contributed by atoms with Gasteiger partial charge in [-0.15, -0.1) is 0 Å². The number of rotatable bonds is 16. The lowest BCUT2D eigenvalue weighted by Gasteiger charge is -2.25. The van der Waals surface area contributed by atoms with Gasteiger partial charge in [-0.1, -0.05) is 63.1 Å². The zero-order valence-corrected chi connectivity index (χ0v) is 39.0. The van der Waals surface area contributed by atoms with Crippen LogP contribution in [0, 0.1) is 0 Å². The fourth-order valence-corrected chi connectivity index (χ4v) is 8.54. The quantitative estimate of drug-likeness (QED) is 0.0910. The third kappa shape index (κ3) is 10.7. The molecule has 62 heavy (non-hydrogen) atoms. The number of hydrogen-bond donors (Lipinski definition) is 0. The SMILES string of the molecule is CCCC[n+]1ccn(-c2cc3c(OC(C)C)c(c2)Cc2cccc(c2OC(C)C)Cc2cc(-n4cc[n+](CCCC)c4)cc(c2OC(C)C)Cc2cccc(c2OC(C)C)C3)c1. The maximum Gasteiger partial charge on any atom is 0.248 e. The van der Waals surface area contributed by atoms with Gasteiger partial charge in [0, 0.05) is 47.9 Å². The average molecular weight is 839 g/mol. The number of benzene rings is 4. The molecule has 7 rings (SSSR count). The summed E-state index contributed by atoms with van der Waals surface area (Å²) in [6.07, 6.45) is 20.1. The van der Waals surface area contributed by atoms with E-state index in [1.807, 2.05) is 0 Å². The highest BCUT2D eigenvalue weighted by Gasteiger charge is 2.26. The first kappa shape index (κ1) is 44.6. The van der Waals surface area contributed by atoms with Gasteiger partial charge in [0.1, 0.15) is 59.2 Å². The first-order valence-electron chi connectivity index (χ1n) is 23.2. The van der Waals surface area contributed by atoms with Crippen molar-refractivity contribution in [3.8, 4) is 34.4 Å². The second-order valence-corrected chi connectivity index (χ2v) is 18.2. The number of fused-ring (bicyclic) bond motifs is 8. The van der Waals surface area contributed by atoms with E-state index < -0.39 is 0 Å². The van der Waals surface area contributed by atoms with Crippen molar-refractivity contribution >= 4 is 0 Å². The standard InChI is InChI=1S/C54H70N4O4/c1-11-13-21-55-23-25-57(35-55)49-31-45-27-41-17-15-19-43(51(41)59-37(3)4)29-47-33-50(58-26-24-56(36-58)22-14-12-2)34-48(54(47)62-40(9)10)30-44-20-16-18-42(52(44)60-38(5)6)28-46(32-49)53(45)61-39(7)8/h15-20,23-26,31-40H,11-14,21-22,27-30H2,1-10H3/q+2. The Labute approximate surface area is 371 Å². The van der Waals surface area contributed by atoms with Crippen LogP contribution in [0.15, 0.2) is 98.1 Å². The molecule has 1 aliphatic rings. The molecule has 8 heteroatoms. The van der Waals surface area contributed by atoms with E-state index in [9.17, 15) is 0 Å². The van der Waals surface area contributed by atoms with Gasteiger partial charge in [0.2, 0.25) is 12.7 Å². The molecule has 2 aromatic heterocycles. The fraction of sp³-hybridized carbons (Fsp3) is 0.444. The number of hydrogen-bond acceptors (Lipinski definition) is 4. The Kier molecular flexibility index (Phi) is 14.5. The summed E-state index contributed by atoms with van der Waals surface area (Å²) in [6.45, 7) is 23.4. The topological polar surface area (TPSA) is 54.5 Å². The van der Waals surface area contributed by atoms with Gasteiger partial charge in [0.15, 0.2) is 0 Å². The van der Waals surface area contributed by atoms with Crippen LogP contribution in [-0.4, -0.2) is 33.6 Å². The Bertz CT molecular complexity index is 2180. The van der Waals surface area contributed by atoms with Gasteiger partial charge in [-0.3, -0.25) is 0 Å². The first-order valence-corrected chi connectivity index (χ1v) is 23.2. The van der Waals surface area contributed by atoms with Crippen molar-refractivity contribution in [2.45, 2.75) is 158 Å². The van der Waals surface area contributed by atoms with Gasteiger partial charge in [-0.2, -0.15) is 0 Å². The van der Waals surface area contributed by atoms with Crippen molar-refractivity contribution in [3.63, 3.8) is 0 Å². The van der Waals surface area contributed by atoms with E-state index >= 15 is 0 Å². The minimum Gasteiger partial charge on any atom is -0.490 e. The zero-order valence-electron chi connectivity index (χ0n) is 39.0. The highest BCUT2D eigenvalue weighted by molar-refractivity contribution is 5.60. The second kappa shape index (κ2) is 20.1. The molecule has 0 fully saturated rings. The van der Waals surface area contributed by atoms with Crippen LogP contribution in [0.4, 0.5) is 0 Å². The first-order chi connectivity index (χ1) is 29.9. The van der Waals surface area contributed by atoms with Crippen LogP contribution < -0.4 is 28.1 Å². The van der Waals surface area contributed by atoms with Crippen LogP contribution in [0.25, 0.3) is 11.4 Å². The molecule has 0 N–H and O–H groups in total. The molecule has 328 valence electrons. The number of nitrogens with zero attached hydrogens (tertiary/aromatic N) is 4. The molecular formula is C54H70N4O4+2. The van der Waals surface area contributed by atoms with E-state index in [1.54, 1.807) is 0 Å². The molecular weight excluding hydrogens is 769 g/mol. The summed E-state index contributed by atoms with van der Waals surface area (Å²) in [4.78, 5) is 0. The number of aromatic nitrogens is 4. The fourth-order valence-electron chi connectivity index (χ4n) is 8.54.